The number of rotatable bonds is 4. The van der Waals surface area contributed by atoms with Crippen LogP contribution >= 0.6 is 0 Å². The minimum atomic E-state index is -4.71. The van der Waals surface area contributed by atoms with Crippen LogP contribution in [0.2, 0.25) is 0 Å². The van der Waals surface area contributed by atoms with Gasteiger partial charge in [0.15, 0.2) is 17.2 Å². The maximum atomic E-state index is 14.8. The number of hydrogen-bond donors (Lipinski definition) is 1. The number of benzene rings is 2. The van der Waals surface area contributed by atoms with Gasteiger partial charge in [0.05, 0.1) is 24.6 Å². The van der Waals surface area contributed by atoms with E-state index in [1.165, 1.54) is 30.3 Å². The number of nitrogens with one attached hydrogen (secondary N) is 1. The molecule has 0 radical (unpaired) electrons. The number of ether oxygens (including phenoxy) is 4. The fraction of sp³-hybridized carbons (Fsp3) is 0.400. The van der Waals surface area contributed by atoms with Crippen molar-refractivity contribution in [3.05, 3.63) is 64.7 Å². The Balaban J connectivity index is 1.37. The normalized spacial score (nSPS) is 20.0. The van der Waals surface area contributed by atoms with Gasteiger partial charge in [0, 0.05) is 18.0 Å². The molecule has 6 rings (SSSR count). The van der Waals surface area contributed by atoms with E-state index < -0.39 is 35.8 Å². The van der Waals surface area contributed by atoms with E-state index in [0.717, 1.165) is 10.7 Å². The Bertz CT molecular complexity index is 1400. The molecule has 1 atom stereocenters. The predicted octanol–water partition coefficient (Wildman–Crippen LogP) is 6.06. The molecule has 1 saturated heterocycles. The van der Waals surface area contributed by atoms with Gasteiger partial charge in [-0.15, -0.1) is 8.78 Å². The molecule has 3 aromatic rings. The number of nitrogens with zero attached hydrogens (tertiary/aromatic N) is 2. The number of alkyl halides is 5. The quantitative estimate of drug-likeness (QED) is 0.405. The van der Waals surface area contributed by atoms with Crippen LogP contribution in [0.4, 0.5) is 32.0 Å². The summed E-state index contributed by atoms with van der Waals surface area (Å²) in [6.45, 7) is 2.11. The summed E-state index contributed by atoms with van der Waals surface area (Å²) in [5.74, 6) is -2.34. The summed E-state index contributed by atoms with van der Waals surface area (Å²) in [7, 11) is 0. The fourth-order valence-corrected chi connectivity index (χ4v) is 5.15. The molecule has 7 nitrogen and oxygen atoms in total. The van der Waals surface area contributed by atoms with E-state index in [-0.39, 0.29) is 53.8 Å². The highest BCUT2D eigenvalue weighted by Crippen LogP contribution is 2.47. The van der Waals surface area contributed by atoms with Gasteiger partial charge in [-0.2, -0.15) is 18.3 Å². The molecule has 1 aromatic heterocycles. The number of aromatic nitrogens is 2. The average Bonchev–Trinajstić information content (AvgIpc) is 3.55. The van der Waals surface area contributed by atoms with Crippen molar-refractivity contribution in [3.63, 3.8) is 0 Å². The lowest BCUT2D eigenvalue weighted by Gasteiger charge is -2.32. The van der Waals surface area contributed by atoms with Crippen molar-refractivity contribution in [2.45, 2.75) is 50.5 Å². The van der Waals surface area contributed by atoms with E-state index in [1.54, 1.807) is 6.92 Å². The summed E-state index contributed by atoms with van der Waals surface area (Å²) in [5.41, 5.74) is -0.272. The fourth-order valence-electron chi connectivity index (χ4n) is 5.15. The first-order valence-corrected chi connectivity index (χ1v) is 11.9. The van der Waals surface area contributed by atoms with Crippen molar-refractivity contribution in [1.82, 2.24) is 9.78 Å². The Labute approximate surface area is 212 Å². The first-order valence-electron chi connectivity index (χ1n) is 11.9. The first-order chi connectivity index (χ1) is 18.0. The predicted molar refractivity (Wildman–Crippen MR) is 120 cm³/mol. The van der Waals surface area contributed by atoms with E-state index in [2.05, 4.69) is 19.9 Å². The van der Waals surface area contributed by atoms with E-state index in [9.17, 15) is 26.3 Å². The van der Waals surface area contributed by atoms with Crippen LogP contribution < -0.4 is 14.8 Å². The highest BCUT2D eigenvalue weighted by molar-refractivity contribution is 5.56. The second kappa shape index (κ2) is 8.53. The Hall–Kier alpha value is -3.45. The third-order valence-electron chi connectivity index (χ3n) is 6.79. The van der Waals surface area contributed by atoms with Gasteiger partial charge in [-0.25, -0.2) is 9.07 Å². The van der Waals surface area contributed by atoms with Gasteiger partial charge in [-0.3, -0.25) is 0 Å². The molecule has 1 unspecified atom stereocenters. The third-order valence-corrected chi connectivity index (χ3v) is 6.79. The summed E-state index contributed by atoms with van der Waals surface area (Å²) in [6, 6.07) is 7.32. The third kappa shape index (κ3) is 4.13. The van der Waals surface area contributed by atoms with Crippen molar-refractivity contribution in [3.8, 4) is 17.2 Å². The number of fused-ring (bicyclic) bond motifs is 3. The highest BCUT2D eigenvalue weighted by atomic mass is 19.4. The van der Waals surface area contributed by atoms with Crippen molar-refractivity contribution >= 4 is 5.69 Å². The Morgan fingerprint density at radius 2 is 1.76 bits per heavy atom. The standard InChI is InChI=1S/C25H21F6N3O4/c1-13(14-4-7-19-20(11-14)38-25(30,31)37-19)32-18-12-15(5-6-17(18)26)34-22-16(21(33-34)24(27,28)29)3-2-8-23(22)35-9-10-36-23/h4-7,11-13,32H,2-3,8-10H2,1H3. The molecule has 1 fully saturated rings. The molecule has 13 heteroatoms. The molecule has 38 heavy (non-hydrogen) atoms. The van der Waals surface area contributed by atoms with Crippen LogP contribution in [0, 0.1) is 5.82 Å². The molecule has 1 spiro atoms. The van der Waals surface area contributed by atoms with Gasteiger partial charge in [0.1, 0.15) is 11.5 Å². The van der Waals surface area contributed by atoms with E-state index >= 15 is 0 Å². The molecule has 1 N–H and O–H groups in total. The van der Waals surface area contributed by atoms with Crippen LogP contribution in [0.3, 0.4) is 0 Å². The summed E-state index contributed by atoms with van der Waals surface area (Å²) in [6.07, 6.45) is -7.56. The molecule has 2 aromatic carbocycles. The summed E-state index contributed by atoms with van der Waals surface area (Å²) in [4.78, 5) is 0. The van der Waals surface area contributed by atoms with Crippen LogP contribution in [0.15, 0.2) is 36.4 Å². The van der Waals surface area contributed by atoms with E-state index in [4.69, 9.17) is 9.47 Å². The van der Waals surface area contributed by atoms with Gasteiger partial charge in [-0.1, -0.05) is 6.07 Å². The number of hydrogen-bond acceptors (Lipinski definition) is 6. The molecule has 0 saturated carbocycles. The van der Waals surface area contributed by atoms with Crippen LogP contribution in [-0.2, 0) is 27.9 Å². The van der Waals surface area contributed by atoms with Crippen molar-refractivity contribution in [2.24, 2.45) is 0 Å². The second-order valence-electron chi connectivity index (χ2n) is 9.29. The Kier molecular flexibility index (Phi) is 5.58. The minimum Gasteiger partial charge on any atom is -0.395 e. The highest BCUT2D eigenvalue weighted by Gasteiger charge is 2.50. The molecule has 3 heterocycles. The van der Waals surface area contributed by atoms with E-state index in [0.29, 0.717) is 18.4 Å². The molecule has 202 valence electrons. The van der Waals surface area contributed by atoms with Crippen LogP contribution in [0.1, 0.15) is 48.3 Å². The lowest BCUT2D eigenvalue weighted by molar-refractivity contribution is -0.286. The maximum Gasteiger partial charge on any atom is 0.586 e. The molecular formula is C25H21F6N3O4. The smallest absolute Gasteiger partial charge is 0.395 e. The lowest BCUT2D eigenvalue weighted by atomic mass is 9.90. The molecule has 3 aliphatic rings. The van der Waals surface area contributed by atoms with Gasteiger partial charge in [0.25, 0.3) is 0 Å². The molecule has 0 amide bonds. The van der Waals surface area contributed by atoms with Crippen molar-refractivity contribution < 1.29 is 45.3 Å². The second-order valence-corrected chi connectivity index (χ2v) is 9.29. The zero-order valence-corrected chi connectivity index (χ0v) is 19.9. The average molecular weight is 541 g/mol. The van der Waals surface area contributed by atoms with Gasteiger partial charge >= 0.3 is 12.5 Å². The van der Waals surface area contributed by atoms with Gasteiger partial charge in [-0.05, 0) is 55.7 Å². The van der Waals surface area contributed by atoms with Crippen LogP contribution in [-0.4, -0.2) is 29.3 Å². The monoisotopic (exact) mass is 541 g/mol. The van der Waals surface area contributed by atoms with Crippen molar-refractivity contribution in [1.29, 1.82) is 0 Å². The molecular weight excluding hydrogens is 520 g/mol. The van der Waals surface area contributed by atoms with Gasteiger partial charge in [0.2, 0.25) is 5.79 Å². The van der Waals surface area contributed by atoms with E-state index in [1.807, 2.05) is 0 Å². The summed E-state index contributed by atoms with van der Waals surface area (Å²) >= 11 is 0. The topological polar surface area (TPSA) is 66.8 Å². The van der Waals surface area contributed by atoms with Crippen LogP contribution in [0.5, 0.6) is 11.5 Å². The number of anilines is 1. The Morgan fingerprint density at radius 1 is 1.03 bits per heavy atom. The molecule has 2 aliphatic heterocycles. The Morgan fingerprint density at radius 3 is 2.50 bits per heavy atom. The summed E-state index contributed by atoms with van der Waals surface area (Å²) < 4.78 is 105. The zero-order chi connectivity index (χ0) is 26.9. The van der Waals surface area contributed by atoms with Gasteiger partial charge < -0.3 is 24.3 Å². The molecule has 0 bridgehead atoms. The van der Waals surface area contributed by atoms with Crippen LogP contribution in [0.25, 0.3) is 5.69 Å². The van der Waals surface area contributed by atoms with Crippen molar-refractivity contribution in [2.75, 3.05) is 18.5 Å². The largest absolute Gasteiger partial charge is 0.586 e. The first kappa shape index (κ1) is 24.9. The SMILES string of the molecule is CC(Nc1cc(-n2nc(C(F)(F)F)c3c2C2(CCC3)OCCO2)ccc1F)c1ccc2c(c1)OC(F)(F)O2. The zero-order valence-electron chi connectivity index (χ0n) is 19.9. The number of halogens is 6. The maximum absolute atomic E-state index is 14.8. The molecule has 1 aliphatic carbocycles. The minimum absolute atomic E-state index is 0.00462. The lowest BCUT2D eigenvalue weighted by Crippen LogP contribution is -2.34. The summed E-state index contributed by atoms with van der Waals surface area (Å²) in [5, 5.41) is 6.84.